The molecule has 8 rings (SSSR count). The SMILES string of the molecule is CC(C)Oc1ccc(-c2cc(O[C@@H]3C[C@H]4C(=O)N[C@]5(C(=O)NS(=O)(=O)C6(C)CC6)C[C@H]5/C=C\CC[C@@H](C)C[C@@H](C)[C@H](NC(=O)OC5(C(F)(F)F)CCCOC5)C(=O)N4C3)cc(-c3nccs3)n2)cc1. The molecule has 4 fully saturated rings. The van der Waals surface area contributed by atoms with Crippen molar-refractivity contribution in [1.82, 2.24) is 30.2 Å². The standard InChI is InChI=1S/C48H59F3N6O10S2/c1-28(2)65-33-13-11-31(12-14-33)36-22-34(23-37(53-36)41-52-18-20-68-41)66-35-24-38-40(58)55-47(43(60)56-69(62,63)45(5)16-17-45)25-32(47)10-7-6-9-29(3)21-30(4)39(42(59)57(38)26-35)54-44(61)67-46(48(49,50)51)15-8-19-64-27-46/h7,10-14,18,20,22-23,28-30,32,35,38-39H,6,8-9,15-17,19,21,24-27H2,1-5H3,(H,54,61)(H,55,58)(H,56,60)/b10-7-/t29-,30-,32-,35-,38+,39+,46?,47-/m1/s1. The van der Waals surface area contributed by atoms with Gasteiger partial charge in [-0.25, -0.2) is 23.2 Å². The van der Waals surface area contributed by atoms with E-state index in [4.69, 9.17) is 23.9 Å². The van der Waals surface area contributed by atoms with Crippen LogP contribution in [0.5, 0.6) is 11.5 Å². The lowest BCUT2D eigenvalue weighted by Gasteiger charge is -2.38. The molecule has 374 valence electrons. The lowest BCUT2D eigenvalue weighted by molar-refractivity contribution is -0.285. The van der Waals surface area contributed by atoms with Gasteiger partial charge in [0.1, 0.15) is 45.9 Å². The first-order valence-electron chi connectivity index (χ1n) is 23.5. The van der Waals surface area contributed by atoms with Crippen LogP contribution in [0, 0.1) is 17.8 Å². The van der Waals surface area contributed by atoms with Gasteiger partial charge >= 0.3 is 12.3 Å². The van der Waals surface area contributed by atoms with Crippen LogP contribution in [0.1, 0.15) is 92.4 Å². The minimum absolute atomic E-state index is 0.0150. The van der Waals surface area contributed by atoms with Gasteiger partial charge in [-0.05, 0) is 102 Å². The maximum absolute atomic E-state index is 15.2. The molecule has 4 amide bonds. The number of benzene rings is 1. The highest BCUT2D eigenvalue weighted by molar-refractivity contribution is 7.91. The Bertz CT molecular complexity index is 2530. The van der Waals surface area contributed by atoms with Crippen molar-refractivity contribution in [2.75, 3.05) is 19.8 Å². The molecule has 5 heterocycles. The van der Waals surface area contributed by atoms with Crippen molar-refractivity contribution < 1.29 is 59.7 Å². The number of alkyl halides is 3. The molecule has 1 aromatic carbocycles. The average molecular weight is 1000 g/mol. The third kappa shape index (κ3) is 10.9. The summed E-state index contributed by atoms with van der Waals surface area (Å²) in [6.07, 6.45) is -0.478. The molecule has 0 bridgehead atoms. The van der Waals surface area contributed by atoms with Gasteiger partial charge in [0.05, 0.1) is 29.7 Å². The number of alkyl carbamates (subject to hydrolysis) is 1. The summed E-state index contributed by atoms with van der Waals surface area (Å²) >= 11 is 1.36. The molecular formula is C48H59F3N6O10S2. The van der Waals surface area contributed by atoms with Crippen LogP contribution in [-0.4, -0.2) is 113 Å². The number of sulfonamides is 1. The molecule has 3 N–H and O–H groups in total. The third-order valence-corrected chi connectivity index (χ3v) is 16.8. The van der Waals surface area contributed by atoms with Crippen LogP contribution in [0.25, 0.3) is 22.0 Å². The summed E-state index contributed by atoms with van der Waals surface area (Å²) in [6, 6.07) is 7.91. The number of hydrogen-bond acceptors (Lipinski definition) is 13. The number of allylic oxidation sites excluding steroid dienone is 1. The second-order valence-electron chi connectivity index (χ2n) is 19.7. The topological polar surface area (TPSA) is 204 Å². The number of pyridine rings is 1. The number of nitrogens with zero attached hydrogens (tertiary/aromatic N) is 3. The third-order valence-electron chi connectivity index (χ3n) is 13.8. The summed E-state index contributed by atoms with van der Waals surface area (Å²) in [5, 5.41) is 7.71. The fraction of sp³-hybridized carbons (Fsp3) is 0.583. The number of carbonyl (C=O) groups excluding carboxylic acids is 4. The van der Waals surface area contributed by atoms with Crippen LogP contribution >= 0.6 is 11.3 Å². The predicted octanol–water partition coefficient (Wildman–Crippen LogP) is 7.10. The predicted molar refractivity (Wildman–Crippen MR) is 248 cm³/mol. The number of rotatable bonds is 11. The number of aromatic nitrogens is 2. The maximum Gasteiger partial charge on any atom is 0.430 e. The van der Waals surface area contributed by atoms with Gasteiger partial charge in [0.25, 0.3) is 5.91 Å². The van der Waals surface area contributed by atoms with Crippen molar-refractivity contribution in [3.63, 3.8) is 0 Å². The first kappa shape index (κ1) is 50.1. The van der Waals surface area contributed by atoms with Crippen molar-refractivity contribution in [3.8, 4) is 33.5 Å². The molecular weight excluding hydrogens is 942 g/mol. The fourth-order valence-corrected chi connectivity index (χ4v) is 11.3. The van der Waals surface area contributed by atoms with Gasteiger partial charge in [0, 0.05) is 54.6 Å². The second kappa shape index (κ2) is 19.5. The molecule has 3 aromatic rings. The van der Waals surface area contributed by atoms with Crippen LogP contribution in [0.4, 0.5) is 18.0 Å². The van der Waals surface area contributed by atoms with Gasteiger partial charge < -0.3 is 34.5 Å². The van der Waals surface area contributed by atoms with Crippen molar-refractivity contribution in [2.24, 2.45) is 17.8 Å². The van der Waals surface area contributed by atoms with E-state index in [1.165, 1.54) is 16.2 Å². The van der Waals surface area contributed by atoms with E-state index < -0.39 is 99.0 Å². The smallest absolute Gasteiger partial charge is 0.430 e. The molecule has 2 aliphatic carbocycles. The summed E-state index contributed by atoms with van der Waals surface area (Å²) < 4.78 is 94.2. The number of fused-ring (bicyclic) bond motifs is 2. The van der Waals surface area contributed by atoms with Gasteiger partial charge in [0.2, 0.25) is 27.4 Å². The Hall–Kier alpha value is -5.28. The number of amides is 4. The van der Waals surface area contributed by atoms with E-state index in [1.54, 1.807) is 43.6 Å². The number of carbonyl (C=O) groups is 4. The Morgan fingerprint density at radius 1 is 1.04 bits per heavy atom. The molecule has 8 atom stereocenters. The number of nitrogens with one attached hydrogen (secondary N) is 3. The summed E-state index contributed by atoms with van der Waals surface area (Å²) in [5.74, 6) is -2.80. The van der Waals surface area contributed by atoms with Crippen LogP contribution in [-0.2, 0) is 33.9 Å². The molecule has 0 radical (unpaired) electrons. The number of hydrogen-bond donors (Lipinski definition) is 3. The molecule has 2 saturated heterocycles. The minimum atomic E-state index is -4.98. The number of halogens is 3. The first-order chi connectivity index (χ1) is 32.6. The second-order valence-corrected chi connectivity index (χ2v) is 22.8. The van der Waals surface area contributed by atoms with Gasteiger partial charge in [-0.3, -0.25) is 19.1 Å². The zero-order valence-corrected chi connectivity index (χ0v) is 40.8. The van der Waals surface area contributed by atoms with E-state index in [0.717, 1.165) is 5.56 Å². The summed E-state index contributed by atoms with van der Waals surface area (Å²) in [4.78, 5) is 68.3. The summed E-state index contributed by atoms with van der Waals surface area (Å²) in [5.41, 5.74) is -2.87. The monoisotopic (exact) mass is 1000 g/mol. The van der Waals surface area contributed by atoms with Crippen molar-refractivity contribution in [3.05, 3.63) is 60.1 Å². The Balaban J connectivity index is 1.14. The van der Waals surface area contributed by atoms with E-state index >= 15 is 4.79 Å². The largest absolute Gasteiger partial charge is 0.491 e. The van der Waals surface area contributed by atoms with Crippen molar-refractivity contribution in [1.29, 1.82) is 0 Å². The Kier molecular flexibility index (Phi) is 14.2. The zero-order chi connectivity index (χ0) is 49.5. The van der Waals surface area contributed by atoms with E-state index in [-0.39, 0.29) is 44.4 Å². The van der Waals surface area contributed by atoms with Crippen LogP contribution in [0.3, 0.4) is 0 Å². The van der Waals surface area contributed by atoms with E-state index in [2.05, 4.69) is 20.3 Å². The molecule has 2 aromatic heterocycles. The average Bonchev–Trinajstić information content (AvgIpc) is 4.04. The molecule has 3 aliphatic heterocycles. The zero-order valence-electron chi connectivity index (χ0n) is 39.2. The Morgan fingerprint density at radius 2 is 1.78 bits per heavy atom. The summed E-state index contributed by atoms with van der Waals surface area (Å²) in [6.45, 7) is 7.95. The van der Waals surface area contributed by atoms with Crippen molar-refractivity contribution >= 4 is 45.2 Å². The number of thiazole rings is 1. The molecule has 69 heavy (non-hydrogen) atoms. The molecule has 16 nitrogen and oxygen atoms in total. The number of ether oxygens (including phenoxy) is 4. The quantitative estimate of drug-likeness (QED) is 0.165. The van der Waals surface area contributed by atoms with E-state index in [9.17, 15) is 36.0 Å². The van der Waals surface area contributed by atoms with Gasteiger partial charge in [-0.15, -0.1) is 11.3 Å². The molecule has 2 saturated carbocycles. The van der Waals surface area contributed by atoms with E-state index in [1.807, 2.05) is 51.1 Å². The van der Waals surface area contributed by atoms with Crippen LogP contribution < -0.4 is 24.8 Å². The molecule has 1 unspecified atom stereocenters. The van der Waals surface area contributed by atoms with Crippen LogP contribution in [0.2, 0.25) is 0 Å². The lowest BCUT2D eigenvalue weighted by atomic mass is 9.88. The minimum Gasteiger partial charge on any atom is -0.491 e. The maximum atomic E-state index is 15.2. The highest BCUT2D eigenvalue weighted by atomic mass is 32.2. The molecule has 0 spiro atoms. The van der Waals surface area contributed by atoms with Crippen molar-refractivity contribution in [2.45, 2.75) is 139 Å². The highest BCUT2D eigenvalue weighted by Gasteiger charge is 2.63. The van der Waals surface area contributed by atoms with E-state index in [0.29, 0.717) is 60.0 Å². The first-order valence-corrected chi connectivity index (χ1v) is 25.8. The lowest BCUT2D eigenvalue weighted by Crippen LogP contribution is -2.60. The molecule has 5 aliphatic rings. The fourth-order valence-electron chi connectivity index (χ4n) is 9.41. The van der Waals surface area contributed by atoms with Gasteiger partial charge in [-0.2, -0.15) is 13.2 Å². The van der Waals surface area contributed by atoms with Gasteiger partial charge in [0.15, 0.2) is 0 Å². The summed E-state index contributed by atoms with van der Waals surface area (Å²) in [7, 11) is -4.11. The normalized spacial score (nSPS) is 29.8. The Labute approximate surface area is 403 Å². The highest BCUT2D eigenvalue weighted by Crippen LogP contribution is 2.48. The van der Waals surface area contributed by atoms with Gasteiger partial charge in [-0.1, -0.05) is 26.0 Å². The van der Waals surface area contributed by atoms with Crippen LogP contribution in [0.15, 0.2) is 60.1 Å². The Morgan fingerprint density at radius 3 is 2.43 bits per heavy atom. The molecule has 21 heteroatoms.